The predicted octanol–water partition coefficient (Wildman–Crippen LogP) is 2.08. The number of halogens is 1. The second-order valence-electron chi connectivity index (χ2n) is 3.36. The number of H-pyrrole nitrogens is 1. The van der Waals surface area contributed by atoms with Crippen LogP contribution < -0.4 is 0 Å². The van der Waals surface area contributed by atoms with Crippen LogP contribution in [0.2, 0.25) is 0 Å². The molecule has 0 aliphatic heterocycles. The molecule has 18 heavy (non-hydrogen) atoms. The zero-order chi connectivity index (χ0) is 13.1. The standard InChI is InChI=1S/C11H10FN3O2S/c1-2-17-11(16)8-9(14-15-10(8)18)6-4-3-5-7(12)13-6/h3-5H,2H2,1H3,(H2,14,15,18). The molecule has 0 amide bonds. The third-order valence-corrected chi connectivity index (χ3v) is 2.51. The Bertz CT molecular complexity index is 585. The highest BCUT2D eigenvalue weighted by molar-refractivity contribution is 7.80. The third kappa shape index (κ3) is 2.35. The zero-order valence-electron chi connectivity index (χ0n) is 9.48. The van der Waals surface area contributed by atoms with E-state index in [1.54, 1.807) is 13.0 Å². The number of esters is 1. The lowest BCUT2D eigenvalue weighted by atomic mass is 10.2. The van der Waals surface area contributed by atoms with Crippen LogP contribution in [0.5, 0.6) is 0 Å². The molecule has 2 aromatic heterocycles. The number of nitrogens with zero attached hydrogens (tertiary/aromatic N) is 2. The van der Waals surface area contributed by atoms with Crippen molar-refractivity contribution in [1.29, 1.82) is 0 Å². The number of hydrogen-bond acceptors (Lipinski definition) is 5. The molecule has 0 unspecified atom stereocenters. The second-order valence-corrected chi connectivity index (χ2v) is 3.81. The van der Waals surface area contributed by atoms with Crippen molar-refractivity contribution >= 4 is 18.6 Å². The maximum absolute atomic E-state index is 13.1. The Kier molecular flexibility index (Phi) is 3.61. The van der Waals surface area contributed by atoms with Crippen LogP contribution in [0.1, 0.15) is 17.3 Å². The lowest BCUT2D eigenvalue weighted by Crippen LogP contribution is -2.06. The first-order valence-electron chi connectivity index (χ1n) is 5.21. The molecule has 0 saturated heterocycles. The van der Waals surface area contributed by atoms with Crippen molar-refractivity contribution in [3.63, 3.8) is 0 Å². The Hall–Kier alpha value is -1.89. The van der Waals surface area contributed by atoms with Crippen molar-refractivity contribution in [3.8, 4) is 11.4 Å². The summed E-state index contributed by atoms with van der Waals surface area (Å²) >= 11 is 4.09. The van der Waals surface area contributed by atoms with Crippen molar-refractivity contribution in [2.75, 3.05) is 6.61 Å². The van der Waals surface area contributed by atoms with Crippen LogP contribution in [-0.4, -0.2) is 27.8 Å². The number of pyridine rings is 1. The maximum Gasteiger partial charge on any atom is 0.343 e. The Labute approximate surface area is 108 Å². The summed E-state index contributed by atoms with van der Waals surface area (Å²) in [5.41, 5.74) is 0.617. The summed E-state index contributed by atoms with van der Waals surface area (Å²) in [7, 11) is 0. The Morgan fingerprint density at radius 3 is 3.00 bits per heavy atom. The number of carbonyl (C=O) groups excluding carboxylic acids is 1. The first kappa shape index (κ1) is 12.6. The second kappa shape index (κ2) is 5.18. The van der Waals surface area contributed by atoms with Crippen LogP contribution in [0.25, 0.3) is 11.4 Å². The molecule has 0 radical (unpaired) electrons. The molecular weight excluding hydrogens is 257 g/mol. The van der Waals surface area contributed by atoms with Gasteiger partial charge in [-0.15, -0.1) is 12.6 Å². The SMILES string of the molecule is CCOC(=O)c1c(-c2cccc(F)n2)n[nH]c1S. The zero-order valence-corrected chi connectivity index (χ0v) is 10.4. The predicted molar refractivity (Wildman–Crippen MR) is 65.0 cm³/mol. The summed E-state index contributed by atoms with van der Waals surface area (Å²) in [5, 5.41) is 6.70. The third-order valence-electron chi connectivity index (χ3n) is 2.18. The Balaban J connectivity index is 2.49. The molecule has 2 aromatic rings. The van der Waals surface area contributed by atoms with Crippen molar-refractivity contribution in [3.05, 3.63) is 29.7 Å². The molecule has 7 heteroatoms. The molecule has 2 heterocycles. The summed E-state index contributed by atoms with van der Waals surface area (Å²) in [6.45, 7) is 1.92. The summed E-state index contributed by atoms with van der Waals surface area (Å²) in [6.07, 6.45) is 0. The van der Waals surface area contributed by atoms with Crippen molar-refractivity contribution in [2.45, 2.75) is 11.9 Å². The molecule has 0 saturated carbocycles. The number of aromatic nitrogens is 3. The molecular formula is C11H10FN3O2S. The van der Waals surface area contributed by atoms with Gasteiger partial charge in [-0.2, -0.15) is 9.49 Å². The molecule has 0 aliphatic carbocycles. The van der Waals surface area contributed by atoms with Crippen molar-refractivity contribution < 1.29 is 13.9 Å². The van der Waals surface area contributed by atoms with Crippen LogP contribution in [0, 0.1) is 5.95 Å². The summed E-state index contributed by atoms with van der Waals surface area (Å²) < 4.78 is 17.9. The molecule has 0 bridgehead atoms. The minimum Gasteiger partial charge on any atom is -0.462 e. The van der Waals surface area contributed by atoms with Crippen LogP contribution in [-0.2, 0) is 4.74 Å². The minimum atomic E-state index is -0.647. The van der Waals surface area contributed by atoms with Gasteiger partial charge in [0.15, 0.2) is 0 Å². The topological polar surface area (TPSA) is 67.9 Å². The van der Waals surface area contributed by atoms with Gasteiger partial charge in [0.05, 0.1) is 12.3 Å². The average molecular weight is 267 g/mol. The molecule has 0 aliphatic rings. The number of nitrogens with one attached hydrogen (secondary N) is 1. The largest absolute Gasteiger partial charge is 0.462 e. The Morgan fingerprint density at radius 2 is 2.33 bits per heavy atom. The number of ether oxygens (including phenoxy) is 1. The molecule has 0 fully saturated rings. The van der Waals surface area contributed by atoms with Crippen LogP contribution in [0.4, 0.5) is 4.39 Å². The monoisotopic (exact) mass is 267 g/mol. The quantitative estimate of drug-likeness (QED) is 0.507. The number of hydrogen-bond donors (Lipinski definition) is 2. The highest BCUT2D eigenvalue weighted by Crippen LogP contribution is 2.25. The molecule has 94 valence electrons. The van der Waals surface area contributed by atoms with E-state index in [-0.39, 0.29) is 28.6 Å². The van der Waals surface area contributed by atoms with Crippen LogP contribution >= 0.6 is 12.6 Å². The van der Waals surface area contributed by atoms with Gasteiger partial charge in [-0.1, -0.05) is 6.07 Å². The first-order valence-corrected chi connectivity index (χ1v) is 5.65. The maximum atomic E-state index is 13.1. The molecule has 2 rings (SSSR count). The molecule has 0 aromatic carbocycles. The molecule has 0 atom stereocenters. The fraction of sp³-hybridized carbons (Fsp3) is 0.182. The van der Waals surface area contributed by atoms with Gasteiger partial charge in [-0.05, 0) is 19.1 Å². The lowest BCUT2D eigenvalue weighted by Gasteiger charge is -2.02. The smallest absolute Gasteiger partial charge is 0.343 e. The first-order chi connectivity index (χ1) is 8.63. The Morgan fingerprint density at radius 1 is 1.56 bits per heavy atom. The van der Waals surface area contributed by atoms with E-state index in [0.29, 0.717) is 0 Å². The number of thiol groups is 1. The van der Waals surface area contributed by atoms with Gasteiger partial charge in [-0.3, -0.25) is 5.10 Å². The van der Waals surface area contributed by atoms with Gasteiger partial charge in [-0.25, -0.2) is 9.78 Å². The van der Waals surface area contributed by atoms with E-state index >= 15 is 0 Å². The summed E-state index contributed by atoms with van der Waals surface area (Å²) in [4.78, 5) is 15.4. The minimum absolute atomic E-state index is 0.151. The molecule has 5 nitrogen and oxygen atoms in total. The lowest BCUT2D eigenvalue weighted by molar-refractivity contribution is 0.0523. The van der Waals surface area contributed by atoms with Gasteiger partial charge in [0.2, 0.25) is 5.95 Å². The van der Waals surface area contributed by atoms with E-state index in [4.69, 9.17) is 4.74 Å². The van der Waals surface area contributed by atoms with E-state index in [9.17, 15) is 9.18 Å². The van der Waals surface area contributed by atoms with Gasteiger partial charge >= 0.3 is 5.97 Å². The van der Waals surface area contributed by atoms with E-state index in [2.05, 4.69) is 27.8 Å². The van der Waals surface area contributed by atoms with Crippen LogP contribution in [0.3, 0.4) is 0 Å². The summed E-state index contributed by atoms with van der Waals surface area (Å²) in [6, 6.07) is 4.25. The van der Waals surface area contributed by atoms with Gasteiger partial charge in [0, 0.05) is 0 Å². The average Bonchev–Trinajstić information content (AvgIpc) is 2.71. The number of rotatable bonds is 3. The van der Waals surface area contributed by atoms with Crippen molar-refractivity contribution in [1.82, 2.24) is 15.2 Å². The van der Waals surface area contributed by atoms with E-state index in [1.165, 1.54) is 12.1 Å². The molecule has 0 spiro atoms. The van der Waals surface area contributed by atoms with Crippen LogP contribution in [0.15, 0.2) is 23.2 Å². The van der Waals surface area contributed by atoms with Gasteiger partial charge < -0.3 is 4.74 Å². The van der Waals surface area contributed by atoms with E-state index < -0.39 is 11.9 Å². The van der Waals surface area contributed by atoms with E-state index in [1.807, 2.05) is 0 Å². The summed E-state index contributed by atoms with van der Waals surface area (Å²) in [5.74, 6) is -1.22. The highest BCUT2D eigenvalue weighted by atomic mass is 32.1. The molecule has 1 N–H and O–H groups in total. The number of aromatic amines is 1. The van der Waals surface area contributed by atoms with Crippen molar-refractivity contribution in [2.24, 2.45) is 0 Å². The van der Waals surface area contributed by atoms with E-state index in [0.717, 1.165) is 0 Å². The normalized spacial score (nSPS) is 10.4. The number of carbonyl (C=O) groups is 1. The van der Waals surface area contributed by atoms with Gasteiger partial charge in [0.1, 0.15) is 16.3 Å². The highest BCUT2D eigenvalue weighted by Gasteiger charge is 2.22. The fourth-order valence-electron chi connectivity index (χ4n) is 1.45. The fourth-order valence-corrected chi connectivity index (χ4v) is 1.70. The van der Waals surface area contributed by atoms with Gasteiger partial charge in [0.25, 0.3) is 0 Å².